The Bertz CT molecular complexity index is 719. The van der Waals surface area contributed by atoms with Gasteiger partial charge in [0, 0.05) is 10.2 Å². The van der Waals surface area contributed by atoms with Crippen LogP contribution in [0.2, 0.25) is 0 Å². The first-order valence-electron chi connectivity index (χ1n) is 7.61. The second-order valence-corrected chi connectivity index (χ2v) is 6.38. The summed E-state index contributed by atoms with van der Waals surface area (Å²) in [5.41, 5.74) is 2.67. The summed E-state index contributed by atoms with van der Waals surface area (Å²) in [4.78, 5) is 23.8. The number of urea groups is 1. The molecule has 0 saturated carbocycles. The van der Waals surface area contributed by atoms with Gasteiger partial charge in [0.2, 0.25) is 5.91 Å². The second-order valence-electron chi connectivity index (χ2n) is 5.47. The van der Waals surface area contributed by atoms with Crippen molar-refractivity contribution in [3.63, 3.8) is 0 Å². The van der Waals surface area contributed by atoms with Crippen LogP contribution in [-0.2, 0) is 4.79 Å². The zero-order chi connectivity index (χ0) is 17.5. The molecule has 0 aromatic heterocycles. The number of anilines is 1. The minimum Gasteiger partial charge on any atom is -0.332 e. The largest absolute Gasteiger partial charge is 0.332 e. The maximum Gasteiger partial charge on any atom is 0.315 e. The number of hydrogen-bond acceptors (Lipinski definition) is 2. The molecule has 1 atom stereocenters. The van der Waals surface area contributed by atoms with Gasteiger partial charge in [-0.1, -0.05) is 46.3 Å². The number of aryl methyl sites for hydroxylation is 1. The molecule has 0 radical (unpaired) electrons. The Morgan fingerprint density at radius 2 is 1.83 bits per heavy atom. The van der Waals surface area contributed by atoms with Crippen LogP contribution >= 0.6 is 15.9 Å². The number of carbonyl (C=O) groups is 2. The van der Waals surface area contributed by atoms with E-state index in [1.54, 1.807) is 0 Å². The summed E-state index contributed by atoms with van der Waals surface area (Å²) in [5, 5.41) is 8.14. The zero-order valence-corrected chi connectivity index (χ0v) is 15.2. The molecule has 0 saturated heterocycles. The predicted octanol–water partition coefficient (Wildman–Crippen LogP) is 3.76. The van der Waals surface area contributed by atoms with Crippen LogP contribution in [0.5, 0.6) is 0 Å². The van der Waals surface area contributed by atoms with Gasteiger partial charge < -0.3 is 16.0 Å². The quantitative estimate of drug-likeness (QED) is 0.728. The lowest BCUT2D eigenvalue weighted by atomic mass is 10.1. The lowest BCUT2D eigenvalue weighted by Crippen LogP contribution is -2.41. The van der Waals surface area contributed by atoms with Crippen molar-refractivity contribution in [3.8, 4) is 0 Å². The average molecular weight is 390 g/mol. The summed E-state index contributed by atoms with van der Waals surface area (Å²) in [6.07, 6.45) is 0. The van der Waals surface area contributed by atoms with Crippen LogP contribution in [0, 0.1) is 6.92 Å². The Kier molecular flexibility index (Phi) is 6.37. The Labute approximate surface area is 150 Å². The normalized spacial score (nSPS) is 11.5. The van der Waals surface area contributed by atoms with Crippen LogP contribution in [0.4, 0.5) is 10.5 Å². The molecule has 2 aromatic carbocycles. The van der Waals surface area contributed by atoms with Gasteiger partial charge in [-0.2, -0.15) is 0 Å². The highest BCUT2D eigenvalue weighted by Gasteiger charge is 2.11. The molecule has 0 aliphatic rings. The molecule has 0 unspecified atom stereocenters. The number of halogens is 1. The molecular weight excluding hydrogens is 370 g/mol. The highest BCUT2D eigenvalue weighted by atomic mass is 79.9. The Hall–Kier alpha value is -2.34. The van der Waals surface area contributed by atoms with E-state index in [2.05, 4.69) is 31.9 Å². The summed E-state index contributed by atoms with van der Waals surface area (Å²) in [7, 11) is 0. The molecule has 0 spiro atoms. The molecule has 0 heterocycles. The van der Waals surface area contributed by atoms with Crippen molar-refractivity contribution < 1.29 is 9.59 Å². The van der Waals surface area contributed by atoms with E-state index in [-0.39, 0.29) is 24.5 Å². The van der Waals surface area contributed by atoms with Crippen molar-refractivity contribution in [2.75, 3.05) is 11.9 Å². The van der Waals surface area contributed by atoms with Gasteiger partial charge in [-0.3, -0.25) is 4.79 Å². The number of hydrogen-bond donors (Lipinski definition) is 3. The number of benzene rings is 2. The lowest BCUT2D eigenvalue weighted by Gasteiger charge is -2.15. The van der Waals surface area contributed by atoms with Gasteiger partial charge in [0.1, 0.15) is 0 Å². The molecular formula is C18H20BrN3O2. The highest BCUT2D eigenvalue weighted by molar-refractivity contribution is 9.10. The number of nitrogens with one attached hydrogen (secondary N) is 3. The first-order valence-corrected chi connectivity index (χ1v) is 8.40. The molecule has 2 rings (SSSR count). The topological polar surface area (TPSA) is 70.2 Å². The minimum absolute atomic E-state index is 0.0944. The molecule has 3 amide bonds. The van der Waals surface area contributed by atoms with Crippen molar-refractivity contribution in [2.45, 2.75) is 19.9 Å². The summed E-state index contributed by atoms with van der Waals surface area (Å²) < 4.78 is 0.949. The van der Waals surface area contributed by atoms with Gasteiger partial charge in [-0.15, -0.1) is 0 Å². The molecule has 3 N–H and O–H groups in total. The van der Waals surface area contributed by atoms with Gasteiger partial charge in [0.25, 0.3) is 0 Å². The Morgan fingerprint density at radius 1 is 1.12 bits per heavy atom. The van der Waals surface area contributed by atoms with Gasteiger partial charge in [-0.05, 0) is 43.2 Å². The third kappa shape index (κ3) is 5.38. The minimum atomic E-state index is -0.381. The van der Waals surface area contributed by atoms with E-state index in [9.17, 15) is 9.59 Å². The molecule has 24 heavy (non-hydrogen) atoms. The van der Waals surface area contributed by atoms with E-state index in [0.29, 0.717) is 0 Å². The molecule has 0 aliphatic carbocycles. The van der Waals surface area contributed by atoms with Gasteiger partial charge >= 0.3 is 6.03 Å². The molecule has 126 valence electrons. The highest BCUT2D eigenvalue weighted by Crippen LogP contribution is 2.19. The number of rotatable bonds is 5. The van der Waals surface area contributed by atoms with Crippen molar-refractivity contribution in [1.82, 2.24) is 10.6 Å². The second kappa shape index (κ2) is 8.49. The summed E-state index contributed by atoms with van der Waals surface area (Å²) in [6.45, 7) is 3.70. The van der Waals surface area contributed by atoms with Gasteiger partial charge in [0.05, 0.1) is 12.6 Å². The molecule has 2 aromatic rings. The predicted molar refractivity (Wildman–Crippen MR) is 98.9 cm³/mol. The molecule has 0 aliphatic heterocycles. The third-order valence-corrected chi connectivity index (χ3v) is 4.01. The SMILES string of the molecule is Cc1cc(Br)ccc1NC(=O)CNC(=O)N[C@H](C)c1ccccc1. The fourth-order valence-electron chi connectivity index (χ4n) is 2.20. The maximum atomic E-state index is 11.9. The van der Waals surface area contributed by atoms with Crippen LogP contribution in [0.25, 0.3) is 0 Å². The van der Waals surface area contributed by atoms with Crippen molar-refractivity contribution in [3.05, 3.63) is 64.1 Å². The molecule has 0 bridgehead atoms. The lowest BCUT2D eigenvalue weighted by molar-refractivity contribution is -0.115. The standard InChI is InChI=1S/C18H20BrN3O2/c1-12-10-15(19)8-9-16(12)22-17(23)11-20-18(24)21-13(2)14-6-4-3-5-7-14/h3-10,13H,11H2,1-2H3,(H,22,23)(H2,20,21,24)/t13-/m1/s1. The third-order valence-electron chi connectivity index (χ3n) is 3.52. The maximum absolute atomic E-state index is 11.9. The van der Waals surface area contributed by atoms with Crippen molar-refractivity contribution in [1.29, 1.82) is 0 Å². The van der Waals surface area contributed by atoms with E-state index >= 15 is 0 Å². The molecule has 5 nitrogen and oxygen atoms in total. The molecule has 0 fully saturated rings. The summed E-state index contributed by atoms with van der Waals surface area (Å²) in [5.74, 6) is -0.275. The van der Waals surface area contributed by atoms with E-state index in [0.717, 1.165) is 21.3 Å². The summed E-state index contributed by atoms with van der Waals surface area (Å²) >= 11 is 3.38. The van der Waals surface area contributed by atoms with Crippen LogP contribution in [0.15, 0.2) is 53.0 Å². The van der Waals surface area contributed by atoms with Crippen LogP contribution in [0.3, 0.4) is 0 Å². The van der Waals surface area contributed by atoms with Gasteiger partial charge in [0.15, 0.2) is 0 Å². The van der Waals surface area contributed by atoms with Crippen molar-refractivity contribution >= 4 is 33.6 Å². The van der Waals surface area contributed by atoms with E-state index in [4.69, 9.17) is 0 Å². The zero-order valence-electron chi connectivity index (χ0n) is 13.6. The molecule has 6 heteroatoms. The number of amides is 3. The Balaban J connectivity index is 1.80. The van der Waals surface area contributed by atoms with Crippen molar-refractivity contribution in [2.24, 2.45) is 0 Å². The fourth-order valence-corrected chi connectivity index (χ4v) is 2.67. The van der Waals surface area contributed by atoms with Crippen LogP contribution in [-0.4, -0.2) is 18.5 Å². The first-order chi connectivity index (χ1) is 11.5. The van der Waals surface area contributed by atoms with Gasteiger partial charge in [-0.25, -0.2) is 4.79 Å². The van der Waals surface area contributed by atoms with Crippen LogP contribution < -0.4 is 16.0 Å². The van der Waals surface area contributed by atoms with E-state index in [1.165, 1.54) is 0 Å². The van der Waals surface area contributed by atoms with E-state index < -0.39 is 0 Å². The summed E-state index contributed by atoms with van der Waals surface area (Å²) in [6, 6.07) is 14.7. The van der Waals surface area contributed by atoms with Crippen LogP contribution in [0.1, 0.15) is 24.1 Å². The first kappa shape index (κ1) is 18.0. The fraction of sp³-hybridized carbons (Fsp3) is 0.222. The van der Waals surface area contributed by atoms with E-state index in [1.807, 2.05) is 62.4 Å². The number of carbonyl (C=O) groups excluding carboxylic acids is 2. The average Bonchev–Trinajstić information content (AvgIpc) is 2.56. The Morgan fingerprint density at radius 3 is 2.50 bits per heavy atom. The smallest absolute Gasteiger partial charge is 0.315 e. The monoisotopic (exact) mass is 389 g/mol.